The van der Waals surface area contributed by atoms with Gasteiger partial charge in [-0.25, -0.2) is 0 Å². The Balaban J connectivity index is 3.79. The fourth-order valence-electron chi connectivity index (χ4n) is 0.381. The number of carbonyl (C=O) groups excluding carboxylic acids is 1. The van der Waals surface area contributed by atoms with Gasteiger partial charge in [-0.3, -0.25) is 5.43 Å². The van der Waals surface area contributed by atoms with Crippen LogP contribution in [0.15, 0.2) is 0 Å². The summed E-state index contributed by atoms with van der Waals surface area (Å²) in [6.45, 7) is 0. The molecule has 0 aliphatic heterocycles. The molecule has 1 unspecified atom stereocenters. The number of nitrogens with zero attached hydrogens (tertiary/aromatic N) is 1. The number of methoxy groups -OCH3 is 1. The minimum atomic E-state index is -0.578. The van der Waals surface area contributed by atoms with Gasteiger partial charge in [0.2, 0.25) is 0 Å². The molecule has 1 atom stereocenters. The number of hydrogen-bond acceptors (Lipinski definition) is 4. The van der Waals surface area contributed by atoms with E-state index in [1.54, 1.807) is 0 Å². The largest absolute Gasteiger partial charge is 0.544 e. The first kappa shape index (κ1) is 8.86. The van der Waals surface area contributed by atoms with E-state index in [1.807, 2.05) is 0 Å². The fraction of sp³-hybridized carbons (Fsp3) is 0.500. The molecule has 0 saturated carbocycles. The van der Waals surface area contributed by atoms with Crippen molar-refractivity contribution in [1.29, 1.82) is 5.41 Å². The van der Waals surface area contributed by atoms with Crippen LogP contribution >= 0.6 is 0 Å². The Kier molecular flexibility index (Phi) is 4.17. The quantitative estimate of drug-likeness (QED) is 0.262. The predicted octanol–water partition coefficient (Wildman–Crippen LogP) is -1.33. The third-order valence-corrected chi connectivity index (χ3v) is 0.809. The highest BCUT2D eigenvalue weighted by atomic mass is 16.6. The van der Waals surface area contributed by atoms with Crippen molar-refractivity contribution >= 4 is 12.4 Å². The third kappa shape index (κ3) is 2.42. The van der Waals surface area contributed by atoms with Gasteiger partial charge in [-0.1, -0.05) is 6.34 Å². The molecule has 6 nitrogen and oxygen atoms in total. The molecule has 0 spiro atoms. The van der Waals surface area contributed by atoms with Crippen molar-refractivity contribution in [2.24, 2.45) is 0 Å². The average Bonchev–Trinajstić information content (AvgIpc) is 1.99. The van der Waals surface area contributed by atoms with Gasteiger partial charge < -0.3 is 10.1 Å². The van der Waals surface area contributed by atoms with Crippen LogP contribution in [0.3, 0.4) is 0 Å². The van der Waals surface area contributed by atoms with Crippen LogP contribution in [0, 0.1) is 5.41 Å². The Hall–Kier alpha value is -1.14. The van der Waals surface area contributed by atoms with Gasteiger partial charge in [0.25, 0.3) is 0 Å². The zero-order chi connectivity index (χ0) is 7.98. The molecular weight excluding hydrogens is 136 g/mol. The van der Waals surface area contributed by atoms with E-state index in [0.29, 0.717) is 0 Å². The fourth-order valence-corrected chi connectivity index (χ4v) is 0.381. The molecule has 6 heteroatoms. The lowest BCUT2D eigenvalue weighted by Crippen LogP contribution is -3.16. The third-order valence-electron chi connectivity index (χ3n) is 0.809. The zero-order valence-electron chi connectivity index (χ0n) is 5.84. The van der Waals surface area contributed by atoms with E-state index in [-0.39, 0.29) is 5.12 Å². The van der Waals surface area contributed by atoms with Crippen LogP contribution in [-0.2, 0) is 4.74 Å². The van der Waals surface area contributed by atoms with Crippen LogP contribution in [0.5, 0.6) is 0 Å². The van der Waals surface area contributed by atoms with E-state index < -0.39 is 6.09 Å². The van der Waals surface area contributed by atoms with E-state index in [1.165, 1.54) is 14.2 Å². The smallest absolute Gasteiger partial charge is 0.484 e. The Bertz CT molecular complexity index is 126. The van der Waals surface area contributed by atoms with E-state index in [9.17, 15) is 4.79 Å². The second-order valence-corrected chi connectivity index (χ2v) is 1.35. The first-order valence-corrected chi connectivity index (χ1v) is 2.59. The van der Waals surface area contributed by atoms with Gasteiger partial charge in [-0.05, 0) is 0 Å². The van der Waals surface area contributed by atoms with Gasteiger partial charge in [-0.15, -0.1) is 5.12 Å². The molecule has 0 rings (SSSR count). The summed E-state index contributed by atoms with van der Waals surface area (Å²) in [7, 11) is 2.78. The van der Waals surface area contributed by atoms with Crippen LogP contribution in [0.4, 0.5) is 4.79 Å². The molecule has 0 bridgehead atoms. The van der Waals surface area contributed by atoms with E-state index in [2.05, 4.69) is 15.6 Å². The molecule has 0 aromatic heterocycles. The molecule has 0 heterocycles. The average molecular weight is 146 g/mol. The topological polar surface area (TPSA) is 80.7 Å². The molecule has 0 aromatic carbocycles. The van der Waals surface area contributed by atoms with Gasteiger partial charge in [0.15, 0.2) is 0 Å². The summed E-state index contributed by atoms with van der Waals surface area (Å²) in [4.78, 5) is 10.6. The number of nitrogens with one attached hydrogen (secondary N) is 3. The number of ether oxygens (including phenoxy) is 1. The van der Waals surface area contributed by atoms with Crippen molar-refractivity contribution in [2.75, 3.05) is 14.2 Å². The van der Waals surface area contributed by atoms with Crippen LogP contribution < -0.4 is 10.5 Å². The summed E-state index contributed by atoms with van der Waals surface area (Å²) in [6, 6.07) is 0. The van der Waals surface area contributed by atoms with Gasteiger partial charge in [0.1, 0.15) is 0 Å². The Morgan fingerprint density at radius 2 is 2.50 bits per heavy atom. The van der Waals surface area contributed by atoms with Gasteiger partial charge in [0.05, 0.1) is 7.11 Å². The van der Waals surface area contributed by atoms with Gasteiger partial charge in [-0.2, -0.15) is 10.2 Å². The molecule has 58 valence electrons. The van der Waals surface area contributed by atoms with E-state index in [4.69, 9.17) is 5.41 Å². The number of amides is 1. The standard InChI is InChI=1S/C4H10N4O2/c1-6-8(7-3-5)4(9)10-2/h3,6,8H,1-2H3,(H-,5,7). The van der Waals surface area contributed by atoms with E-state index >= 15 is 0 Å². The lowest BCUT2D eigenvalue weighted by atomic mass is 11.1. The number of carbonyl (C=O) groups is 1. The van der Waals surface area contributed by atoms with Crippen LogP contribution in [0.25, 0.3) is 5.43 Å². The highest BCUT2D eigenvalue weighted by Gasteiger charge is 2.13. The van der Waals surface area contributed by atoms with Gasteiger partial charge >= 0.3 is 6.09 Å². The summed E-state index contributed by atoms with van der Waals surface area (Å²) >= 11 is 0. The normalized spacial score (nSPS) is 11.8. The van der Waals surface area contributed by atoms with Crippen molar-refractivity contribution < 1.29 is 14.6 Å². The lowest BCUT2D eigenvalue weighted by Gasteiger charge is -2.14. The maximum Gasteiger partial charge on any atom is 0.544 e. The first-order valence-electron chi connectivity index (χ1n) is 2.59. The summed E-state index contributed by atoms with van der Waals surface area (Å²) < 4.78 is 4.32. The number of hydrogen-bond donors (Lipinski definition) is 3. The molecule has 0 radical (unpaired) electrons. The van der Waals surface area contributed by atoms with Crippen molar-refractivity contribution in [1.82, 2.24) is 5.43 Å². The lowest BCUT2D eigenvalue weighted by molar-refractivity contribution is -0.825. The van der Waals surface area contributed by atoms with E-state index in [0.717, 1.165) is 6.34 Å². The molecule has 0 aromatic rings. The number of rotatable bonds is 3. The first-order chi connectivity index (χ1) is 4.76. The molecule has 0 fully saturated rings. The predicted molar refractivity (Wildman–Crippen MR) is 34.6 cm³/mol. The number of quaternary nitrogens is 1. The summed E-state index contributed by atoms with van der Waals surface area (Å²) in [5, 5.41) is 6.57. The molecule has 0 saturated heterocycles. The van der Waals surface area contributed by atoms with Crippen molar-refractivity contribution in [3.05, 3.63) is 5.43 Å². The molecular formula is C4H10N4O2. The maximum atomic E-state index is 10.6. The minimum absolute atomic E-state index is 0.0255. The molecule has 0 aliphatic rings. The summed E-state index contributed by atoms with van der Waals surface area (Å²) in [5.41, 5.74) is 5.86. The minimum Gasteiger partial charge on any atom is -0.484 e. The van der Waals surface area contributed by atoms with Crippen LogP contribution in [0.2, 0.25) is 0 Å². The second kappa shape index (κ2) is 4.71. The van der Waals surface area contributed by atoms with Crippen LogP contribution in [0.1, 0.15) is 0 Å². The van der Waals surface area contributed by atoms with Crippen molar-refractivity contribution in [3.8, 4) is 0 Å². The Morgan fingerprint density at radius 1 is 1.90 bits per heavy atom. The van der Waals surface area contributed by atoms with Crippen LogP contribution in [-0.4, -0.2) is 26.6 Å². The van der Waals surface area contributed by atoms with Crippen molar-refractivity contribution in [3.63, 3.8) is 0 Å². The zero-order valence-corrected chi connectivity index (χ0v) is 5.84. The Morgan fingerprint density at radius 3 is 2.80 bits per heavy atom. The second-order valence-electron chi connectivity index (χ2n) is 1.35. The maximum absolute atomic E-state index is 10.6. The SMILES string of the molecule is CN[NH+]([N-]C=N)C(=O)OC. The highest BCUT2D eigenvalue weighted by Crippen LogP contribution is 1.64. The molecule has 1 amide bonds. The summed E-state index contributed by atoms with van der Waals surface area (Å²) in [6.07, 6.45) is 0.189. The molecule has 0 aliphatic carbocycles. The molecule has 3 N–H and O–H groups in total. The van der Waals surface area contributed by atoms with Gasteiger partial charge in [0, 0.05) is 7.05 Å². The highest BCUT2D eigenvalue weighted by molar-refractivity contribution is 5.67. The summed E-state index contributed by atoms with van der Waals surface area (Å²) in [5.74, 6) is 0. The Labute approximate surface area is 58.6 Å². The van der Waals surface area contributed by atoms with Crippen molar-refractivity contribution in [2.45, 2.75) is 0 Å². The molecule has 10 heavy (non-hydrogen) atoms. The monoisotopic (exact) mass is 146 g/mol.